The van der Waals surface area contributed by atoms with Crippen LogP contribution in [0.5, 0.6) is 0 Å². The number of hydrogen-bond donors (Lipinski definition) is 6. The van der Waals surface area contributed by atoms with Crippen LogP contribution in [0.15, 0.2) is 10.2 Å². The Morgan fingerprint density at radius 1 is 0.852 bits per heavy atom. The number of azide groups is 2. The summed E-state index contributed by atoms with van der Waals surface area (Å²) in [5, 5.41) is 65.6. The van der Waals surface area contributed by atoms with Crippen molar-refractivity contribution < 1.29 is 44.8 Å². The summed E-state index contributed by atoms with van der Waals surface area (Å²) in [4.78, 5) is 5.03. The van der Waals surface area contributed by atoms with E-state index >= 15 is 0 Å². The second kappa shape index (κ2) is 9.45. The highest BCUT2D eigenvalue weighted by atomic mass is 16.7. The van der Waals surface area contributed by atoms with Gasteiger partial charge in [0.15, 0.2) is 12.5 Å². The molecule has 15 nitrogen and oxygen atoms in total. The Kier molecular flexibility index (Phi) is 7.55. The van der Waals surface area contributed by atoms with Crippen molar-refractivity contribution in [3.05, 3.63) is 20.9 Å². The van der Waals surface area contributed by atoms with E-state index in [-0.39, 0.29) is 6.54 Å². The Balaban J connectivity index is 2.21. The van der Waals surface area contributed by atoms with Crippen molar-refractivity contribution in [1.29, 1.82) is 0 Å². The van der Waals surface area contributed by atoms with Crippen LogP contribution in [-0.4, -0.2) is 105 Å². The van der Waals surface area contributed by atoms with Crippen LogP contribution in [0.2, 0.25) is 0 Å². The topological polar surface area (TPSA) is 247 Å². The second-order valence-corrected chi connectivity index (χ2v) is 5.96. The Hall–Kier alpha value is -1.74. The molecule has 2 fully saturated rings. The number of ether oxygens (including phenoxy) is 3. The van der Waals surface area contributed by atoms with Crippen molar-refractivity contribution >= 4 is 0 Å². The quantitative estimate of drug-likeness (QED) is 0.155. The molecule has 0 unspecified atom stereocenters. The molecule has 27 heavy (non-hydrogen) atoms. The fraction of sp³-hybridized carbons (Fsp3) is 1.00. The molecule has 0 radical (unpaired) electrons. The van der Waals surface area contributed by atoms with Crippen molar-refractivity contribution in [1.82, 2.24) is 0 Å². The molecule has 152 valence electrons. The maximum Gasteiger partial charge on any atom is 0.187 e. The maximum absolute atomic E-state index is 10.3. The average molecular weight is 392 g/mol. The first-order valence-electron chi connectivity index (χ1n) is 7.88. The van der Waals surface area contributed by atoms with E-state index in [1.165, 1.54) is 0 Å². The molecule has 0 amide bonds. The van der Waals surface area contributed by atoms with Crippen molar-refractivity contribution in [3.8, 4) is 0 Å². The molecule has 0 aliphatic carbocycles. The smallest absolute Gasteiger partial charge is 0.187 e. The molecule has 2 aliphatic heterocycles. The number of aliphatic hydroxyl groups is 6. The summed E-state index contributed by atoms with van der Waals surface area (Å²) in [6, 6.07) is 0. The lowest BCUT2D eigenvalue weighted by Crippen LogP contribution is -2.64. The lowest BCUT2D eigenvalue weighted by atomic mass is 9.96. The standard InChI is InChI=1S/C12H20N6O9/c13-17-15-1-3-10(7(22)8(23)11(25-3)16-18-14)27-12-9(24)6(21)5(20)4(2-19)26-12/h3-12,19-24H,1-2H2/t3-,4-,5-,6+,7-,8-,9-,10-,11-,12+/m1/s1. The summed E-state index contributed by atoms with van der Waals surface area (Å²) >= 11 is 0. The zero-order chi connectivity index (χ0) is 20.1. The summed E-state index contributed by atoms with van der Waals surface area (Å²) < 4.78 is 15.9. The fourth-order valence-electron chi connectivity index (χ4n) is 2.83. The summed E-state index contributed by atoms with van der Waals surface area (Å²) in [6.45, 7) is -1.09. The molecule has 2 rings (SSSR count). The first-order chi connectivity index (χ1) is 12.8. The molecule has 15 heteroatoms. The normalized spacial score (nSPS) is 44.8. The third-order valence-corrected chi connectivity index (χ3v) is 4.29. The number of nitrogens with zero attached hydrogens (tertiary/aromatic N) is 6. The summed E-state index contributed by atoms with van der Waals surface area (Å²) in [5.74, 6) is 0. The molecule has 0 bridgehead atoms. The Bertz CT molecular complexity index is 598. The SMILES string of the molecule is [N-]=[N+]=NC[C@H]1O[C@@H](N=[N+]=[N-])[C@H](O)[C@@H](O)[C@@H]1O[C@@H]1O[C@H](CO)[C@@H](O)[C@H](O)[C@H]1O. The van der Waals surface area contributed by atoms with Crippen LogP contribution in [-0.2, 0) is 14.2 Å². The molecule has 10 atom stereocenters. The molecule has 0 spiro atoms. The molecular formula is C12H20N6O9. The maximum atomic E-state index is 10.3. The van der Waals surface area contributed by atoms with Gasteiger partial charge in [-0.25, -0.2) is 0 Å². The predicted octanol–water partition coefficient (Wildman–Crippen LogP) is -2.76. The van der Waals surface area contributed by atoms with E-state index in [9.17, 15) is 30.6 Å². The number of rotatable bonds is 6. The van der Waals surface area contributed by atoms with Gasteiger partial charge >= 0.3 is 0 Å². The third kappa shape index (κ3) is 4.57. The van der Waals surface area contributed by atoms with E-state index < -0.39 is 68.0 Å². The van der Waals surface area contributed by atoms with Gasteiger partial charge in [0.2, 0.25) is 0 Å². The van der Waals surface area contributed by atoms with Gasteiger partial charge in [-0.2, -0.15) is 0 Å². The number of aliphatic hydroxyl groups excluding tert-OH is 6. The zero-order valence-electron chi connectivity index (χ0n) is 13.8. The van der Waals surface area contributed by atoms with Gasteiger partial charge in [-0.1, -0.05) is 10.2 Å². The molecule has 0 aromatic carbocycles. The van der Waals surface area contributed by atoms with E-state index in [4.69, 9.17) is 25.3 Å². The van der Waals surface area contributed by atoms with Gasteiger partial charge in [0.25, 0.3) is 0 Å². The molecule has 6 N–H and O–H groups in total. The van der Waals surface area contributed by atoms with Gasteiger partial charge in [0, 0.05) is 9.82 Å². The molecular weight excluding hydrogens is 372 g/mol. The van der Waals surface area contributed by atoms with Gasteiger partial charge in [0.1, 0.15) is 42.7 Å². The first kappa shape index (κ1) is 21.6. The minimum atomic E-state index is -1.76. The zero-order valence-corrected chi connectivity index (χ0v) is 13.8. The first-order valence-corrected chi connectivity index (χ1v) is 7.88. The molecule has 2 saturated heterocycles. The van der Waals surface area contributed by atoms with Crippen molar-refractivity contribution in [3.63, 3.8) is 0 Å². The monoisotopic (exact) mass is 392 g/mol. The summed E-state index contributed by atoms with van der Waals surface area (Å²) in [6.07, 6.45) is -15.5. The Labute approximate surface area is 151 Å². The van der Waals surface area contributed by atoms with E-state index in [2.05, 4.69) is 20.1 Å². The van der Waals surface area contributed by atoms with Crippen LogP contribution >= 0.6 is 0 Å². The highest BCUT2D eigenvalue weighted by molar-refractivity contribution is 4.96. The third-order valence-electron chi connectivity index (χ3n) is 4.29. The molecule has 0 saturated carbocycles. The molecule has 0 aromatic heterocycles. The second-order valence-electron chi connectivity index (χ2n) is 5.96. The molecule has 2 aliphatic rings. The predicted molar refractivity (Wildman–Crippen MR) is 82.5 cm³/mol. The lowest BCUT2D eigenvalue weighted by molar-refractivity contribution is -0.339. The van der Waals surface area contributed by atoms with E-state index in [1.54, 1.807) is 0 Å². The van der Waals surface area contributed by atoms with Crippen molar-refractivity contribution in [2.24, 2.45) is 10.2 Å². The van der Waals surface area contributed by atoms with Crippen LogP contribution < -0.4 is 0 Å². The van der Waals surface area contributed by atoms with E-state index in [0.717, 1.165) is 0 Å². The molecule has 0 aromatic rings. The Morgan fingerprint density at radius 3 is 2.15 bits per heavy atom. The van der Waals surface area contributed by atoms with Crippen LogP contribution in [0.1, 0.15) is 0 Å². The van der Waals surface area contributed by atoms with Gasteiger partial charge in [-0.05, 0) is 11.1 Å². The molecule has 2 heterocycles. The van der Waals surface area contributed by atoms with E-state index in [0.29, 0.717) is 0 Å². The van der Waals surface area contributed by atoms with Crippen molar-refractivity contribution in [2.45, 2.75) is 61.3 Å². The fourth-order valence-corrected chi connectivity index (χ4v) is 2.83. The average Bonchev–Trinajstić information content (AvgIpc) is 2.66. The minimum Gasteiger partial charge on any atom is -0.394 e. The van der Waals surface area contributed by atoms with Gasteiger partial charge in [0.05, 0.1) is 19.3 Å². The van der Waals surface area contributed by atoms with Gasteiger partial charge in [-0.15, -0.1) is 0 Å². The summed E-state index contributed by atoms with van der Waals surface area (Å²) in [7, 11) is 0. The largest absolute Gasteiger partial charge is 0.394 e. The van der Waals surface area contributed by atoms with Gasteiger partial charge < -0.3 is 44.8 Å². The van der Waals surface area contributed by atoms with Crippen LogP contribution in [0, 0.1) is 0 Å². The van der Waals surface area contributed by atoms with Crippen molar-refractivity contribution in [2.75, 3.05) is 13.2 Å². The Morgan fingerprint density at radius 2 is 1.56 bits per heavy atom. The van der Waals surface area contributed by atoms with Gasteiger partial charge in [-0.3, -0.25) is 0 Å². The highest BCUT2D eigenvalue weighted by Crippen LogP contribution is 2.29. The minimum absolute atomic E-state index is 0.389. The van der Waals surface area contributed by atoms with Crippen LogP contribution in [0.25, 0.3) is 20.9 Å². The highest BCUT2D eigenvalue weighted by Gasteiger charge is 2.50. The lowest BCUT2D eigenvalue weighted by Gasteiger charge is -2.45. The summed E-state index contributed by atoms with van der Waals surface area (Å²) in [5.41, 5.74) is 17.0. The number of hydrogen-bond acceptors (Lipinski definition) is 11. The van der Waals surface area contributed by atoms with Crippen LogP contribution in [0.4, 0.5) is 0 Å². The van der Waals surface area contributed by atoms with E-state index in [1.807, 2.05) is 0 Å². The van der Waals surface area contributed by atoms with Crippen LogP contribution in [0.3, 0.4) is 0 Å².